The third-order valence-electron chi connectivity index (χ3n) is 3.25. The first-order chi connectivity index (χ1) is 9.36. The summed E-state index contributed by atoms with van der Waals surface area (Å²) in [6, 6.07) is 9.67. The average molecular weight is 257 g/mol. The van der Waals surface area contributed by atoms with E-state index in [0.29, 0.717) is 18.8 Å². The summed E-state index contributed by atoms with van der Waals surface area (Å²) in [7, 11) is 0. The zero-order valence-electron chi connectivity index (χ0n) is 10.5. The molecule has 1 aromatic heterocycles. The fourth-order valence-corrected chi connectivity index (χ4v) is 2.32. The molecule has 0 amide bonds. The van der Waals surface area contributed by atoms with Crippen molar-refractivity contribution in [3.05, 3.63) is 46.9 Å². The Bertz CT molecular complexity index is 604. The van der Waals surface area contributed by atoms with Crippen LogP contribution in [-0.4, -0.2) is 36.5 Å². The van der Waals surface area contributed by atoms with Crippen LogP contribution in [0.4, 0.5) is 5.69 Å². The van der Waals surface area contributed by atoms with Crippen LogP contribution >= 0.6 is 0 Å². The number of anilines is 1. The van der Waals surface area contributed by atoms with Crippen molar-refractivity contribution in [1.82, 2.24) is 10.2 Å². The minimum absolute atomic E-state index is 0.157. The van der Waals surface area contributed by atoms with Crippen molar-refractivity contribution in [2.45, 2.75) is 0 Å². The Balaban J connectivity index is 2.10. The summed E-state index contributed by atoms with van der Waals surface area (Å²) in [4.78, 5) is 14.3. The number of aromatic amines is 1. The molecule has 5 nitrogen and oxygen atoms in total. The molecule has 2 heterocycles. The highest BCUT2D eigenvalue weighted by Crippen LogP contribution is 2.26. The van der Waals surface area contributed by atoms with Gasteiger partial charge >= 0.3 is 0 Å². The van der Waals surface area contributed by atoms with Gasteiger partial charge in [0.1, 0.15) is 0 Å². The zero-order chi connectivity index (χ0) is 13.1. The first-order valence-electron chi connectivity index (χ1n) is 6.32. The Kier molecular flexibility index (Phi) is 3.29. The molecule has 3 rings (SSSR count). The lowest BCUT2D eigenvalue weighted by atomic mass is 10.1. The number of hydrogen-bond acceptors (Lipinski definition) is 4. The largest absolute Gasteiger partial charge is 0.378 e. The first kappa shape index (κ1) is 11.9. The SMILES string of the molecule is O=c1[nH]ncc(N2CCOCC2)c1-c1ccccc1. The van der Waals surface area contributed by atoms with E-state index in [1.54, 1.807) is 6.20 Å². The molecular weight excluding hydrogens is 242 g/mol. The van der Waals surface area contributed by atoms with Gasteiger partial charge in [0.15, 0.2) is 0 Å². The van der Waals surface area contributed by atoms with E-state index in [-0.39, 0.29) is 5.56 Å². The molecule has 1 aromatic carbocycles. The second-order valence-electron chi connectivity index (χ2n) is 4.42. The van der Waals surface area contributed by atoms with E-state index in [4.69, 9.17) is 4.74 Å². The Hall–Kier alpha value is -2.14. The molecule has 5 heteroatoms. The minimum atomic E-state index is -0.157. The number of aromatic nitrogens is 2. The summed E-state index contributed by atoms with van der Waals surface area (Å²) < 4.78 is 5.35. The van der Waals surface area contributed by atoms with Gasteiger partial charge in [0.2, 0.25) is 0 Å². The lowest BCUT2D eigenvalue weighted by Crippen LogP contribution is -2.37. The van der Waals surface area contributed by atoms with Crippen molar-refractivity contribution in [2.75, 3.05) is 31.2 Å². The smallest absolute Gasteiger partial charge is 0.274 e. The van der Waals surface area contributed by atoms with Crippen LogP contribution < -0.4 is 10.5 Å². The maximum atomic E-state index is 12.1. The molecule has 98 valence electrons. The van der Waals surface area contributed by atoms with Crippen LogP contribution in [0.25, 0.3) is 11.1 Å². The quantitative estimate of drug-likeness (QED) is 0.880. The zero-order valence-corrected chi connectivity index (χ0v) is 10.5. The number of rotatable bonds is 2. The lowest BCUT2D eigenvalue weighted by molar-refractivity contribution is 0.122. The summed E-state index contributed by atoms with van der Waals surface area (Å²) in [5.74, 6) is 0. The van der Waals surface area contributed by atoms with E-state index >= 15 is 0 Å². The van der Waals surface area contributed by atoms with Gasteiger partial charge in [0, 0.05) is 13.1 Å². The second kappa shape index (κ2) is 5.24. The van der Waals surface area contributed by atoms with Gasteiger partial charge in [-0.15, -0.1) is 0 Å². The number of morpholine rings is 1. The maximum Gasteiger partial charge on any atom is 0.274 e. The Morgan fingerprint density at radius 1 is 1.16 bits per heavy atom. The number of hydrogen-bond donors (Lipinski definition) is 1. The van der Waals surface area contributed by atoms with Crippen LogP contribution in [0.5, 0.6) is 0 Å². The van der Waals surface area contributed by atoms with E-state index in [1.165, 1.54) is 0 Å². The topological polar surface area (TPSA) is 58.2 Å². The van der Waals surface area contributed by atoms with Crippen LogP contribution in [0.3, 0.4) is 0 Å². The molecular formula is C14H15N3O2. The molecule has 19 heavy (non-hydrogen) atoms. The standard InChI is InChI=1S/C14H15N3O2/c18-14-13(11-4-2-1-3-5-11)12(10-15-16-14)17-6-8-19-9-7-17/h1-5,10H,6-9H2,(H,16,18). The van der Waals surface area contributed by atoms with Gasteiger partial charge < -0.3 is 9.64 Å². The van der Waals surface area contributed by atoms with Crippen molar-refractivity contribution in [2.24, 2.45) is 0 Å². The van der Waals surface area contributed by atoms with E-state index in [9.17, 15) is 4.79 Å². The predicted molar refractivity (Wildman–Crippen MR) is 73.3 cm³/mol. The molecule has 0 bridgehead atoms. The van der Waals surface area contributed by atoms with Crippen LogP contribution in [0.2, 0.25) is 0 Å². The summed E-state index contributed by atoms with van der Waals surface area (Å²) in [5.41, 5.74) is 2.30. The number of nitrogens with one attached hydrogen (secondary N) is 1. The van der Waals surface area contributed by atoms with Gasteiger partial charge in [0.25, 0.3) is 5.56 Å². The molecule has 0 atom stereocenters. The maximum absolute atomic E-state index is 12.1. The molecule has 0 unspecified atom stereocenters. The Morgan fingerprint density at radius 3 is 2.63 bits per heavy atom. The molecule has 0 aliphatic carbocycles. The van der Waals surface area contributed by atoms with Gasteiger partial charge in [-0.25, -0.2) is 5.10 Å². The molecule has 0 saturated carbocycles. The summed E-state index contributed by atoms with van der Waals surface area (Å²) in [5, 5.41) is 6.44. The van der Waals surface area contributed by atoms with Crippen molar-refractivity contribution < 1.29 is 4.74 Å². The third-order valence-corrected chi connectivity index (χ3v) is 3.25. The van der Waals surface area contributed by atoms with Gasteiger partial charge in [-0.1, -0.05) is 30.3 Å². The van der Waals surface area contributed by atoms with Crippen molar-refractivity contribution in [1.29, 1.82) is 0 Å². The van der Waals surface area contributed by atoms with Crippen molar-refractivity contribution in [3.63, 3.8) is 0 Å². The van der Waals surface area contributed by atoms with Crippen LogP contribution in [0, 0.1) is 0 Å². The predicted octanol–water partition coefficient (Wildman–Crippen LogP) is 1.27. The van der Waals surface area contributed by atoms with E-state index in [1.807, 2.05) is 30.3 Å². The molecule has 1 N–H and O–H groups in total. The third kappa shape index (κ3) is 2.37. The lowest BCUT2D eigenvalue weighted by Gasteiger charge is -2.29. The Labute approximate surface area is 110 Å². The summed E-state index contributed by atoms with van der Waals surface area (Å²) in [6.07, 6.45) is 1.72. The minimum Gasteiger partial charge on any atom is -0.378 e. The molecule has 2 aromatic rings. The van der Waals surface area contributed by atoms with E-state index in [0.717, 1.165) is 24.3 Å². The second-order valence-corrected chi connectivity index (χ2v) is 4.42. The van der Waals surface area contributed by atoms with Crippen LogP contribution in [-0.2, 0) is 4.74 Å². The molecule has 1 saturated heterocycles. The molecule has 1 aliphatic heterocycles. The highest BCUT2D eigenvalue weighted by molar-refractivity contribution is 5.77. The molecule has 0 radical (unpaired) electrons. The first-order valence-corrected chi connectivity index (χ1v) is 6.32. The molecule has 0 spiro atoms. The summed E-state index contributed by atoms with van der Waals surface area (Å²) in [6.45, 7) is 2.93. The highest BCUT2D eigenvalue weighted by atomic mass is 16.5. The van der Waals surface area contributed by atoms with Crippen LogP contribution in [0.1, 0.15) is 0 Å². The molecule has 1 fully saturated rings. The number of benzene rings is 1. The van der Waals surface area contributed by atoms with Gasteiger partial charge in [-0.3, -0.25) is 4.79 Å². The average Bonchev–Trinajstić information content (AvgIpc) is 2.49. The van der Waals surface area contributed by atoms with Crippen molar-refractivity contribution in [3.8, 4) is 11.1 Å². The highest BCUT2D eigenvalue weighted by Gasteiger charge is 2.18. The number of nitrogens with zero attached hydrogens (tertiary/aromatic N) is 2. The number of ether oxygens (including phenoxy) is 1. The van der Waals surface area contributed by atoms with Gasteiger partial charge in [-0.05, 0) is 5.56 Å². The fourth-order valence-electron chi connectivity index (χ4n) is 2.32. The van der Waals surface area contributed by atoms with Gasteiger partial charge in [0.05, 0.1) is 30.7 Å². The van der Waals surface area contributed by atoms with Crippen LogP contribution in [0.15, 0.2) is 41.3 Å². The monoisotopic (exact) mass is 257 g/mol. The van der Waals surface area contributed by atoms with Gasteiger partial charge in [-0.2, -0.15) is 5.10 Å². The fraction of sp³-hybridized carbons (Fsp3) is 0.286. The normalized spacial score (nSPS) is 15.5. The Morgan fingerprint density at radius 2 is 1.89 bits per heavy atom. The molecule has 1 aliphatic rings. The van der Waals surface area contributed by atoms with E-state index < -0.39 is 0 Å². The van der Waals surface area contributed by atoms with E-state index in [2.05, 4.69) is 15.1 Å². The number of H-pyrrole nitrogens is 1. The van der Waals surface area contributed by atoms with Crippen molar-refractivity contribution >= 4 is 5.69 Å². The summed E-state index contributed by atoms with van der Waals surface area (Å²) >= 11 is 0.